The number of rotatable bonds is 19. The standard InChI is InChI=1S/C17H28N4O9/c18-20-19-4-6-26-8-10-28-12-14-29-13-11-27-9-7-25-5-3-17(24)30-21-15(22)1-2-16(21)23/h1-14H2. The monoisotopic (exact) mass is 432 g/mol. The van der Waals surface area contributed by atoms with Gasteiger partial charge in [-0.1, -0.05) is 5.11 Å². The summed E-state index contributed by atoms with van der Waals surface area (Å²) in [5.74, 6) is -1.72. The van der Waals surface area contributed by atoms with E-state index in [1.165, 1.54) is 0 Å². The Morgan fingerprint density at radius 2 is 1.23 bits per heavy atom. The van der Waals surface area contributed by atoms with Crippen LogP contribution in [-0.2, 0) is 42.9 Å². The van der Waals surface area contributed by atoms with Crippen molar-refractivity contribution < 1.29 is 42.9 Å². The van der Waals surface area contributed by atoms with E-state index < -0.39 is 17.8 Å². The van der Waals surface area contributed by atoms with Crippen molar-refractivity contribution in [2.45, 2.75) is 19.3 Å². The van der Waals surface area contributed by atoms with Crippen molar-refractivity contribution in [2.75, 3.05) is 72.6 Å². The van der Waals surface area contributed by atoms with E-state index in [9.17, 15) is 14.4 Å². The largest absolute Gasteiger partial charge is 0.379 e. The van der Waals surface area contributed by atoms with E-state index in [-0.39, 0.29) is 32.5 Å². The van der Waals surface area contributed by atoms with Crippen LogP contribution < -0.4 is 0 Å². The Kier molecular flexibility index (Phi) is 15.1. The van der Waals surface area contributed by atoms with Gasteiger partial charge in [-0.2, -0.15) is 0 Å². The Morgan fingerprint density at radius 1 is 0.800 bits per heavy atom. The topological polar surface area (TPSA) is 159 Å². The Bertz CT molecular complexity index is 553. The van der Waals surface area contributed by atoms with Gasteiger partial charge in [0.15, 0.2) is 0 Å². The predicted molar refractivity (Wildman–Crippen MR) is 99.9 cm³/mol. The second-order valence-corrected chi connectivity index (χ2v) is 5.81. The van der Waals surface area contributed by atoms with E-state index in [2.05, 4.69) is 10.0 Å². The van der Waals surface area contributed by atoms with Crippen molar-refractivity contribution in [1.82, 2.24) is 5.06 Å². The van der Waals surface area contributed by atoms with Crippen LogP contribution >= 0.6 is 0 Å². The molecule has 1 heterocycles. The molecule has 1 aliphatic heterocycles. The number of ether oxygens (including phenoxy) is 5. The number of imide groups is 1. The maximum Gasteiger partial charge on any atom is 0.335 e. The van der Waals surface area contributed by atoms with Crippen molar-refractivity contribution in [2.24, 2.45) is 5.11 Å². The molecule has 0 aromatic carbocycles. The molecular weight excluding hydrogens is 404 g/mol. The second-order valence-electron chi connectivity index (χ2n) is 5.81. The van der Waals surface area contributed by atoms with Crippen molar-refractivity contribution in [3.8, 4) is 0 Å². The number of hydrogen-bond donors (Lipinski definition) is 0. The van der Waals surface area contributed by atoms with Crippen LogP contribution in [0, 0.1) is 0 Å². The molecule has 0 saturated carbocycles. The minimum Gasteiger partial charge on any atom is -0.379 e. The highest BCUT2D eigenvalue weighted by atomic mass is 16.7. The highest BCUT2D eigenvalue weighted by Crippen LogP contribution is 2.12. The van der Waals surface area contributed by atoms with Gasteiger partial charge in [0.1, 0.15) is 0 Å². The van der Waals surface area contributed by atoms with Gasteiger partial charge in [-0.15, -0.1) is 5.06 Å². The minimum atomic E-state index is -0.699. The summed E-state index contributed by atoms with van der Waals surface area (Å²) in [5, 5.41) is 3.85. The molecule has 0 aliphatic carbocycles. The number of carbonyl (C=O) groups excluding carboxylic acids is 3. The van der Waals surface area contributed by atoms with E-state index >= 15 is 0 Å². The molecule has 30 heavy (non-hydrogen) atoms. The summed E-state index contributed by atoms with van der Waals surface area (Å²) in [6.45, 7) is 3.95. The molecule has 0 atom stereocenters. The highest BCUT2D eigenvalue weighted by Gasteiger charge is 2.32. The van der Waals surface area contributed by atoms with Crippen LogP contribution in [0.3, 0.4) is 0 Å². The summed E-state index contributed by atoms with van der Waals surface area (Å²) in [4.78, 5) is 41.5. The average Bonchev–Trinajstić information content (AvgIpc) is 3.05. The fraction of sp³-hybridized carbons (Fsp3) is 0.824. The molecule has 0 aromatic heterocycles. The summed E-state index contributed by atoms with van der Waals surface area (Å²) < 4.78 is 26.3. The summed E-state index contributed by atoms with van der Waals surface area (Å²) in [6, 6.07) is 0. The van der Waals surface area contributed by atoms with Gasteiger partial charge in [0.05, 0.1) is 72.5 Å². The highest BCUT2D eigenvalue weighted by molar-refractivity contribution is 6.01. The van der Waals surface area contributed by atoms with Crippen molar-refractivity contribution in [3.63, 3.8) is 0 Å². The van der Waals surface area contributed by atoms with Crippen LogP contribution in [0.15, 0.2) is 5.11 Å². The lowest BCUT2D eigenvalue weighted by atomic mass is 10.4. The third kappa shape index (κ3) is 13.0. The van der Waals surface area contributed by atoms with Gasteiger partial charge in [0.2, 0.25) is 0 Å². The Hall–Kier alpha value is -2.28. The minimum absolute atomic E-state index is 0.0624. The maximum absolute atomic E-state index is 11.5. The predicted octanol–water partition coefficient (Wildman–Crippen LogP) is 0.377. The summed E-state index contributed by atoms with van der Waals surface area (Å²) in [7, 11) is 0. The number of amides is 2. The Labute approximate surface area is 174 Å². The number of hydroxylamine groups is 2. The Morgan fingerprint density at radius 3 is 1.70 bits per heavy atom. The third-order valence-corrected chi connectivity index (χ3v) is 3.54. The molecule has 0 aromatic rings. The van der Waals surface area contributed by atoms with E-state index in [0.29, 0.717) is 64.5 Å². The number of nitrogens with zero attached hydrogens (tertiary/aromatic N) is 4. The molecule has 0 unspecified atom stereocenters. The zero-order chi connectivity index (χ0) is 21.9. The maximum atomic E-state index is 11.5. The van der Waals surface area contributed by atoms with E-state index in [1.54, 1.807) is 0 Å². The summed E-state index contributed by atoms with van der Waals surface area (Å²) in [5.41, 5.74) is 8.08. The first-order valence-electron chi connectivity index (χ1n) is 9.61. The molecule has 13 nitrogen and oxygen atoms in total. The first-order valence-corrected chi connectivity index (χ1v) is 9.61. The average molecular weight is 432 g/mol. The fourth-order valence-corrected chi connectivity index (χ4v) is 2.09. The van der Waals surface area contributed by atoms with Crippen LogP contribution in [-0.4, -0.2) is 95.5 Å². The molecule has 0 bridgehead atoms. The SMILES string of the molecule is [N-]=[N+]=NCCOCCOCCOCCOCCOCCC(=O)ON1C(=O)CCC1=O. The molecule has 170 valence electrons. The van der Waals surface area contributed by atoms with E-state index in [0.717, 1.165) is 0 Å². The van der Waals surface area contributed by atoms with Gasteiger partial charge < -0.3 is 28.5 Å². The molecule has 1 aliphatic rings. The van der Waals surface area contributed by atoms with Crippen molar-refractivity contribution in [1.29, 1.82) is 0 Å². The molecule has 0 spiro atoms. The molecule has 1 rings (SSSR count). The van der Waals surface area contributed by atoms with Crippen LogP contribution in [0.2, 0.25) is 0 Å². The number of hydrogen-bond acceptors (Lipinski definition) is 10. The summed E-state index contributed by atoms with van der Waals surface area (Å²) >= 11 is 0. The number of carbonyl (C=O) groups is 3. The zero-order valence-electron chi connectivity index (χ0n) is 16.9. The first-order chi connectivity index (χ1) is 14.6. The zero-order valence-corrected chi connectivity index (χ0v) is 16.9. The normalized spacial score (nSPS) is 13.5. The van der Waals surface area contributed by atoms with Crippen LogP contribution in [0.5, 0.6) is 0 Å². The molecule has 13 heteroatoms. The van der Waals surface area contributed by atoms with Crippen molar-refractivity contribution in [3.05, 3.63) is 10.4 Å². The van der Waals surface area contributed by atoms with Gasteiger partial charge in [0.25, 0.3) is 11.8 Å². The molecule has 2 amide bonds. The van der Waals surface area contributed by atoms with Gasteiger partial charge in [-0.05, 0) is 5.53 Å². The lowest BCUT2D eigenvalue weighted by molar-refractivity contribution is -0.198. The lowest BCUT2D eigenvalue weighted by Crippen LogP contribution is -2.32. The van der Waals surface area contributed by atoms with Gasteiger partial charge in [-0.25, -0.2) is 4.79 Å². The van der Waals surface area contributed by atoms with Crippen molar-refractivity contribution >= 4 is 17.8 Å². The fourth-order valence-electron chi connectivity index (χ4n) is 2.09. The first kappa shape index (κ1) is 25.8. The summed E-state index contributed by atoms with van der Waals surface area (Å²) in [6.07, 6.45) is 0.0544. The van der Waals surface area contributed by atoms with Crippen LogP contribution in [0.1, 0.15) is 19.3 Å². The van der Waals surface area contributed by atoms with Crippen LogP contribution in [0.25, 0.3) is 10.4 Å². The quantitative estimate of drug-likeness (QED) is 0.0924. The lowest BCUT2D eigenvalue weighted by Gasteiger charge is -2.12. The molecule has 0 radical (unpaired) electrons. The second kappa shape index (κ2) is 17.6. The van der Waals surface area contributed by atoms with E-state index in [4.69, 9.17) is 34.1 Å². The van der Waals surface area contributed by atoms with Crippen LogP contribution in [0.4, 0.5) is 0 Å². The molecular formula is C17H28N4O9. The van der Waals surface area contributed by atoms with Gasteiger partial charge in [0, 0.05) is 24.3 Å². The van der Waals surface area contributed by atoms with Gasteiger partial charge >= 0.3 is 5.97 Å². The molecule has 1 saturated heterocycles. The third-order valence-electron chi connectivity index (χ3n) is 3.54. The van der Waals surface area contributed by atoms with E-state index in [1.807, 2.05) is 0 Å². The van der Waals surface area contributed by atoms with Gasteiger partial charge in [-0.3, -0.25) is 9.59 Å². The molecule has 1 fully saturated rings. The molecule has 0 N–H and O–H groups in total. The number of azide groups is 1. The smallest absolute Gasteiger partial charge is 0.335 e. The Balaban J connectivity index is 1.77.